The number of carboxylic acid groups (broad SMARTS) is 1. The fourth-order valence-electron chi connectivity index (χ4n) is 4.87. The molecule has 4 heterocycles. The first-order chi connectivity index (χ1) is 19.0. The van der Waals surface area contributed by atoms with Crippen LogP contribution in [0.5, 0.6) is 5.75 Å². The van der Waals surface area contributed by atoms with E-state index in [0.717, 1.165) is 11.8 Å². The van der Waals surface area contributed by atoms with Gasteiger partial charge < -0.3 is 18.8 Å². The van der Waals surface area contributed by atoms with E-state index in [9.17, 15) is 26.7 Å². The van der Waals surface area contributed by atoms with Gasteiger partial charge in [0.1, 0.15) is 24.2 Å². The lowest BCUT2D eigenvalue weighted by Crippen LogP contribution is -2.37. The summed E-state index contributed by atoms with van der Waals surface area (Å²) >= 11 is 0. The number of hydrogen-bond acceptors (Lipinski definition) is 9. The minimum atomic E-state index is -4.14. The van der Waals surface area contributed by atoms with Crippen LogP contribution in [0.25, 0.3) is 11.0 Å². The molecule has 12 nitrogen and oxygen atoms in total. The van der Waals surface area contributed by atoms with E-state index in [-0.39, 0.29) is 40.7 Å². The normalized spacial score (nSPS) is 15.6. The van der Waals surface area contributed by atoms with Crippen molar-refractivity contribution in [3.8, 4) is 5.75 Å². The van der Waals surface area contributed by atoms with Gasteiger partial charge in [-0.2, -0.15) is 4.31 Å². The summed E-state index contributed by atoms with van der Waals surface area (Å²) in [5.41, 5.74) is 0.986. The summed E-state index contributed by atoms with van der Waals surface area (Å²) in [6, 6.07) is 9.28. The van der Waals surface area contributed by atoms with Crippen molar-refractivity contribution in [3.05, 3.63) is 60.6 Å². The number of carboxylic acids is 1. The quantitative estimate of drug-likeness (QED) is 0.307. The average molecular weight is 589 g/mol. The van der Waals surface area contributed by atoms with E-state index in [1.807, 2.05) is 13.8 Å². The number of pyridine rings is 1. The van der Waals surface area contributed by atoms with Gasteiger partial charge in [-0.15, -0.1) is 0 Å². The van der Waals surface area contributed by atoms with E-state index < -0.39 is 37.6 Å². The minimum Gasteiger partial charge on any atom is -0.491 e. The van der Waals surface area contributed by atoms with Crippen molar-refractivity contribution in [3.63, 3.8) is 0 Å². The van der Waals surface area contributed by atoms with E-state index in [1.54, 1.807) is 24.4 Å². The Morgan fingerprint density at radius 3 is 2.40 bits per heavy atom. The topological polar surface area (TPSA) is 162 Å². The molecule has 0 bridgehead atoms. The van der Waals surface area contributed by atoms with Crippen LogP contribution >= 0.6 is 0 Å². The Kier molecular flexibility index (Phi) is 7.42. The molecule has 4 aromatic rings. The SMILES string of the molecule is CC(C)Oc1ccc(S(=O)(=O)N2CCC(c3cn(CC(=O)O)c4nc(S(=O)(=O)c5ncco5)ccc34)CC2)cc1. The van der Waals surface area contributed by atoms with Gasteiger partial charge in [0.05, 0.1) is 17.2 Å². The Hall–Kier alpha value is -3.75. The zero-order chi connectivity index (χ0) is 28.7. The fraction of sp³-hybridized carbons (Fsp3) is 0.346. The maximum Gasteiger partial charge on any atom is 0.323 e. The summed E-state index contributed by atoms with van der Waals surface area (Å²) in [7, 11) is -7.85. The van der Waals surface area contributed by atoms with Crippen LogP contribution in [0.4, 0.5) is 0 Å². The van der Waals surface area contributed by atoms with Gasteiger partial charge in [0.15, 0.2) is 5.03 Å². The summed E-state index contributed by atoms with van der Waals surface area (Å²) in [4.78, 5) is 19.7. The molecule has 1 N–H and O–H groups in total. The third kappa shape index (κ3) is 5.33. The number of rotatable bonds is 9. The van der Waals surface area contributed by atoms with Gasteiger partial charge in [-0.1, -0.05) is 0 Å². The molecule has 0 saturated carbocycles. The Morgan fingerprint density at radius 2 is 1.80 bits per heavy atom. The fourth-order valence-corrected chi connectivity index (χ4v) is 7.35. The number of oxazole rings is 1. The zero-order valence-corrected chi connectivity index (χ0v) is 23.4. The van der Waals surface area contributed by atoms with Crippen molar-refractivity contribution in [2.24, 2.45) is 0 Å². The number of aliphatic carboxylic acids is 1. The molecule has 1 aliphatic heterocycles. The molecule has 0 radical (unpaired) electrons. The summed E-state index contributed by atoms with van der Waals surface area (Å²) in [6.45, 7) is 3.90. The van der Waals surface area contributed by atoms with Gasteiger partial charge in [-0.05, 0) is 74.6 Å². The molecule has 1 aliphatic rings. The van der Waals surface area contributed by atoms with Crippen molar-refractivity contribution in [1.29, 1.82) is 0 Å². The van der Waals surface area contributed by atoms with E-state index in [0.29, 0.717) is 24.0 Å². The van der Waals surface area contributed by atoms with Gasteiger partial charge in [0.2, 0.25) is 10.0 Å². The Labute approximate surface area is 231 Å². The van der Waals surface area contributed by atoms with E-state index in [4.69, 9.17) is 9.15 Å². The second-order valence-electron chi connectivity index (χ2n) is 9.74. The second kappa shape index (κ2) is 10.7. The lowest BCUT2D eigenvalue weighted by Gasteiger charge is -2.31. The maximum absolute atomic E-state index is 13.3. The summed E-state index contributed by atoms with van der Waals surface area (Å²) in [5.74, 6) is -0.603. The van der Waals surface area contributed by atoms with E-state index >= 15 is 0 Å². The van der Waals surface area contributed by atoms with E-state index in [2.05, 4.69) is 9.97 Å². The molecule has 40 heavy (non-hydrogen) atoms. The maximum atomic E-state index is 13.3. The molecule has 1 saturated heterocycles. The smallest absolute Gasteiger partial charge is 0.323 e. The first kappa shape index (κ1) is 27.8. The summed E-state index contributed by atoms with van der Waals surface area (Å²) in [6.07, 6.45) is 4.98. The van der Waals surface area contributed by atoms with Crippen LogP contribution < -0.4 is 4.74 Å². The molecule has 0 aliphatic carbocycles. The molecule has 3 aromatic heterocycles. The number of piperidine rings is 1. The van der Waals surface area contributed by atoms with Gasteiger partial charge in [-0.3, -0.25) is 4.79 Å². The zero-order valence-electron chi connectivity index (χ0n) is 21.8. The number of hydrogen-bond donors (Lipinski definition) is 1. The monoisotopic (exact) mass is 588 g/mol. The summed E-state index contributed by atoms with van der Waals surface area (Å²) < 4.78 is 65.7. The van der Waals surface area contributed by atoms with Crippen LogP contribution in [0.2, 0.25) is 0 Å². The summed E-state index contributed by atoms with van der Waals surface area (Å²) in [5, 5.41) is 9.23. The highest BCUT2D eigenvalue weighted by Gasteiger charge is 2.32. The third-order valence-corrected chi connectivity index (χ3v) is 10.0. The molecule has 0 spiro atoms. The highest BCUT2D eigenvalue weighted by Crippen LogP contribution is 2.36. The molecule has 14 heteroatoms. The van der Waals surface area contributed by atoms with Gasteiger partial charge >= 0.3 is 11.2 Å². The standard InChI is InChI=1S/C26H28N4O8S2/c1-17(2)38-19-3-5-20(6-4-19)40(35,36)30-12-9-18(10-13-30)22-15-29(16-24(31)32)25-21(22)7-8-23(28-25)39(33,34)26-27-11-14-37-26/h3-8,11,14-15,17-18H,9-10,12-13,16H2,1-2H3,(H,31,32). The molecular weight excluding hydrogens is 560 g/mol. The molecule has 0 unspecified atom stereocenters. The van der Waals surface area contributed by atoms with Crippen molar-refractivity contribution in [2.45, 2.75) is 60.4 Å². The number of nitrogens with zero attached hydrogens (tertiary/aromatic N) is 4. The van der Waals surface area contributed by atoms with Crippen LogP contribution in [0.1, 0.15) is 38.2 Å². The third-order valence-electron chi connectivity index (χ3n) is 6.68. The molecule has 0 atom stereocenters. The number of sulfone groups is 1. The highest BCUT2D eigenvalue weighted by molar-refractivity contribution is 7.91. The first-order valence-corrected chi connectivity index (χ1v) is 15.5. The molecule has 212 valence electrons. The van der Waals surface area contributed by atoms with Crippen LogP contribution in [-0.2, 0) is 31.2 Å². The lowest BCUT2D eigenvalue weighted by atomic mass is 9.90. The first-order valence-electron chi connectivity index (χ1n) is 12.6. The van der Waals surface area contributed by atoms with Crippen molar-refractivity contribution in [1.82, 2.24) is 18.8 Å². The van der Waals surface area contributed by atoms with Crippen LogP contribution in [-0.4, -0.2) is 65.9 Å². The number of sulfonamides is 1. The highest BCUT2D eigenvalue weighted by atomic mass is 32.2. The molecular formula is C26H28N4O8S2. The van der Waals surface area contributed by atoms with Crippen LogP contribution in [0.15, 0.2) is 74.6 Å². The van der Waals surface area contributed by atoms with Crippen LogP contribution in [0.3, 0.4) is 0 Å². The number of fused-ring (bicyclic) bond motifs is 1. The van der Waals surface area contributed by atoms with Gasteiger partial charge in [-0.25, -0.2) is 26.8 Å². The van der Waals surface area contributed by atoms with Crippen molar-refractivity contribution in [2.75, 3.05) is 13.1 Å². The molecule has 1 aromatic carbocycles. The number of ether oxygens (including phenoxy) is 1. The van der Waals surface area contributed by atoms with E-state index in [1.165, 1.54) is 33.3 Å². The Balaban J connectivity index is 1.40. The molecule has 0 amide bonds. The predicted octanol–water partition coefficient (Wildman–Crippen LogP) is 3.30. The lowest BCUT2D eigenvalue weighted by molar-refractivity contribution is -0.137. The van der Waals surface area contributed by atoms with Crippen molar-refractivity contribution < 1.29 is 35.9 Å². The van der Waals surface area contributed by atoms with Gasteiger partial charge in [0.25, 0.3) is 9.84 Å². The predicted molar refractivity (Wildman–Crippen MR) is 142 cm³/mol. The number of benzene rings is 1. The van der Waals surface area contributed by atoms with Crippen LogP contribution in [0, 0.1) is 0 Å². The molecule has 1 fully saturated rings. The molecule has 5 rings (SSSR count). The second-order valence-corrected chi connectivity index (χ2v) is 13.5. The Bertz CT molecular complexity index is 1740. The largest absolute Gasteiger partial charge is 0.491 e. The minimum absolute atomic E-state index is 0.0258. The number of carbonyl (C=O) groups is 1. The Morgan fingerprint density at radius 1 is 1.10 bits per heavy atom. The average Bonchev–Trinajstić information content (AvgIpc) is 3.58. The van der Waals surface area contributed by atoms with Gasteiger partial charge in [0, 0.05) is 24.7 Å². The number of aromatic nitrogens is 3. The van der Waals surface area contributed by atoms with Crippen molar-refractivity contribution >= 4 is 36.9 Å².